The van der Waals surface area contributed by atoms with Crippen molar-refractivity contribution in [3.8, 4) is 5.88 Å². The minimum Gasteiger partial charge on any atom is -0.472 e. The summed E-state index contributed by atoms with van der Waals surface area (Å²) in [5.41, 5.74) is 2.06. The van der Waals surface area contributed by atoms with Crippen molar-refractivity contribution in [1.29, 1.82) is 0 Å². The Morgan fingerprint density at radius 3 is 3.11 bits per heavy atom. The summed E-state index contributed by atoms with van der Waals surface area (Å²) < 4.78 is 20.5. The quantitative estimate of drug-likeness (QED) is 0.729. The van der Waals surface area contributed by atoms with Gasteiger partial charge in [-0.3, -0.25) is 9.69 Å². The molecule has 0 spiro atoms. The molecular weight excluding hydrogens is 381 g/mol. The number of ether oxygens (including phenoxy) is 1. The van der Waals surface area contributed by atoms with E-state index in [9.17, 15) is 9.18 Å². The third-order valence-electron chi connectivity index (χ3n) is 5.47. The minimum atomic E-state index is -0.534. The maximum absolute atomic E-state index is 14.3. The van der Waals surface area contributed by atoms with E-state index < -0.39 is 5.95 Å². The number of rotatable bonds is 3. The fraction of sp³-hybridized carbons (Fsp3) is 0.368. The maximum Gasteiger partial charge on any atom is 0.230 e. The van der Waals surface area contributed by atoms with Gasteiger partial charge >= 0.3 is 0 Å². The van der Waals surface area contributed by atoms with Crippen molar-refractivity contribution in [2.75, 3.05) is 11.9 Å². The molecule has 0 radical (unpaired) electrons. The lowest BCUT2D eigenvalue weighted by molar-refractivity contribution is -0.114. The zero-order chi connectivity index (χ0) is 19.4. The average Bonchev–Trinajstić information content (AvgIpc) is 3.15. The van der Waals surface area contributed by atoms with Gasteiger partial charge in [-0.25, -0.2) is 9.97 Å². The van der Waals surface area contributed by atoms with Crippen LogP contribution in [0.3, 0.4) is 0 Å². The second-order valence-corrected chi connectivity index (χ2v) is 8.27. The normalized spacial score (nSPS) is 23.5. The van der Waals surface area contributed by atoms with Gasteiger partial charge in [0.2, 0.25) is 17.7 Å². The van der Waals surface area contributed by atoms with Crippen LogP contribution in [0, 0.1) is 5.95 Å². The topological polar surface area (TPSA) is 80.2 Å². The third-order valence-corrected chi connectivity index (χ3v) is 6.40. The van der Waals surface area contributed by atoms with Gasteiger partial charge in [-0.15, -0.1) is 0 Å². The van der Waals surface area contributed by atoms with Gasteiger partial charge in [-0.1, -0.05) is 23.5 Å². The van der Waals surface area contributed by atoms with Crippen molar-refractivity contribution in [3.63, 3.8) is 0 Å². The molecule has 1 aromatic carbocycles. The molecule has 144 valence electrons. The van der Waals surface area contributed by atoms with Crippen LogP contribution in [0.4, 0.5) is 9.52 Å². The Kier molecular flexibility index (Phi) is 4.02. The minimum absolute atomic E-state index is 0.0474. The van der Waals surface area contributed by atoms with Gasteiger partial charge < -0.3 is 10.1 Å². The van der Waals surface area contributed by atoms with Crippen LogP contribution in [-0.2, 0) is 11.3 Å². The summed E-state index contributed by atoms with van der Waals surface area (Å²) in [5, 5.41) is 3.80. The number of hydrogen-bond acceptors (Lipinski definition) is 7. The highest BCUT2D eigenvalue weighted by molar-refractivity contribution is 7.15. The number of amides is 1. The standard InChI is InChI=1S/C19H18FN5O2S/c1-9-15-11-4-3-5-12-16(11)18(22-8-21-12)27-13(15)6-25(9)7-14-17(20)24-19(28-14)23-10(2)26/h3-5,8-9,13,15H,6-7H2,1-2H3,(H,23,24,26)/t9-,13-,15?/m0/s1. The molecule has 28 heavy (non-hydrogen) atoms. The maximum atomic E-state index is 14.3. The van der Waals surface area contributed by atoms with Crippen LogP contribution in [0.5, 0.6) is 5.88 Å². The molecule has 2 aliphatic heterocycles. The van der Waals surface area contributed by atoms with Gasteiger partial charge in [0, 0.05) is 32.0 Å². The van der Waals surface area contributed by atoms with Crippen molar-refractivity contribution < 1.29 is 13.9 Å². The van der Waals surface area contributed by atoms with Crippen molar-refractivity contribution >= 4 is 33.3 Å². The highest BCUT2D eigenvalue weighted by Gasteiger charge is 2.45. The van der Waals surface area contributed by atoms with E-state index in [0.29, 0.717) is 23.8 Å². The molecule has 2 aliphatic rings. The molecule has 5 rings (SSSR count). The summed E-state index contributed by atoms with van der Waals surface area (Å²) in [6.45, 7) is 4.59. The molecule has 3 aromatic rings. The predicted octanol–water partition coefficient (Wildman–Crippen LogP) is 2.93. The molecule has 1 amide bonds. The SMILES string of the molecule is CC(=O)Nc1nc(F)c(CN2C[C@@H]3Oc4ncnc5cccc(c45)C3[C@@H]2C)s1. The first-order valence-electron chi connectivity index (χ1n) is 9.08. The zero-order valence-electron chi connectivity index (χ0n) is 15.3. The van der Waals surface area contributed by atoms with Crippen molar-refractivity contribution in [1.82, 2.24) is 19.9 Å². The van der Waals surface area contributed by atoms with Crippen LogP contribution >= 0.6 is 11.3 Å². The van der Waals surface area contributed by atoms with Crippen LogP contribution < -0.4 is 10.1 Å². The van der Waals surface area contributed by atoms with Gasteiger partial charge in [0.25, 0.3) is 0 Å². The molecule has 0 saturated carbocycles. The van der Waals surface area contributed by atoms with Crippen LogP contribution in [-0.4, -0.2) is 44.4 Å². The van der Waals surface area contributed by atoms with Gasteiger partial charge in [0.1, 0.15) is 12.4 Å². The molecule has 7 nitrogen and oxygen atoms in total. The van der Waals surface area contributed by atoms with Gasteiger partial charge in [0.15, 0.2) is 5.13 Å². The summed E-state index contributed by atoms with van der Waals surface area (Å²) in [4.78, 5) is 26.4. The number of carbonyl (C=O) groups excluding carboxylic acids is 1. The third kappa shape index (κ3) is 2.73. The van der Waals surface area contributed by atoms with Crippen molar-refractivity contribution in [2.45, 2.75) is 38.5 Å². The molecular formula is C19H18FN5O2S. The Labute approximate surface area is 164 Å². The van der Waals surface area contributed by atoms with E-state index in [1.54, 1.807) is 0 Å². The number of fused-ring (bicyclic) bond motifs is 2. The summed E-state index contributed by atoms with van der Waals surface area (Å²) in [7, 11) is 0. The lowest BCUT2D eigenvalue weighted by atomic mass is 9.86. The average molecular weight is 399 g/mol. The number of benzene rings is 1. The fourth-order valence-corrected chi connectivity index (χ4v) is 5.18. The molecule has 3 atom stereocenters. The predicted molar refractivity (Wildman–Crippen MR) is 103 cm³/mol. The Hall–Kier alpha value is -2.65. The molecule has 0 aliphatic carbocycles. The van der Waals surface area contributed by atoms with Gasteiger partial charge in [0.05, 0.1) is 15.8 Å². The number of likely N-dealkylation sites (tertiary alicyclic amines) is 1. The molecule has 1 fully saturated rings. The zero-order valence-corrected chi connectivity index (χ0v) is 16.2. The first-order chi connectivity index (χ1) is 13.5. The second kappa shape index (κ2) is 6.46. The summed E-state index contributed by atoms with van der Waals surface area (Å²) in [5.74, 6) is -0.0185. The second-order valence-electron chi connectivity index (χ2n) is 7.19. The highest BCUT2D eigenvalue weighted by Crippen LogP contribution is 2.45. The number of halogens is 1. The summed E-state index contributed by atoms with van der Waals surface area (Å²) in [6, 6.07) is 6.22. The Morgan fingerprint density at radius 1 is 1.43 bits per heavy atom. The Bertz CT molecular complexity index is 1080. The number of nitrogens with zero attached hydrogens (tertiary/aromatic N) is 4. The molecule has 1 N–H and O–H groups in total. The van der Waals surface area contributed by atoms with Crippen molar-refractivity contribution in [3.05, 3.63) is 40.9 Å². The van der Waals surface area contributed by atoms with E-state index in [2.05, 4.69) is 38.2 Å². The fourth-order valence-electron chi connectivity index (χ4n) is 4.26. The number of thiazole rings is 1. The van der Waals surface area contributed by atoms with Crippen LogP contribution in [0.15, 0.2) is 24.5 Å². The molecule has 1 saturated heterocycles. The van der Waals surface area contributed by atoms with Gasteiger partial charge in [-0.05, 0) is 18.6 Å². The van der Waals surface area contributed by atoms with E-state index in [0.717, 1.165) is 10.9 Å². The molecule has 4 heterocycles. The summed E-state index contributed by atoms with van der Waals surface area (Å²) in [6.07, 6.45) is 1.47. The Balaban J connectivity index is 1.44. The van der Waals surface area contributed by atoms with Crippen molar-refractivity contribution in [2.24, 2.45) is 0 Å². The number of aromatic nitrogens is 3. The largest absolute Gasteiger partial charge is 0.472 e. The molecule has 1 unspecified atom stereocenters. The molecule has 2 aromatic heterocycles. The van der Waals surface area contributed by atoms with E-state index in [1.807, 2.05) is 12.1 Å². The number of hydrogen-bond donors (Lipinski definition) is 1. The first kappa shape index (κ1) is 17.4. The number of carbonyl (C=O) groups is 1. The summed E-state index contributed by atoms with van der Waals surface area (Å²) >= 11 is 1.17. The van der Waals surface area contributed by atoms with Crippen LogP contribution in [0.1, 0.15) is 30.2 Å². The smallest absolute Gasteiger partial charge is 0.230 e. The molecule has 0 bridgehead atoms. The van der Waals surface area contributed by atoms with Crippen LogP contribution in [0.2, 0.25) is 0 Å². The monoisotopic (exact) mass is 399 g/mol. The molecule has 9 heteroatoms. The van der Waals surface area contributed by atoms with Gasteiger partial charge in [-0.2, -0.15) is 9.37 Å². The Morgan fingerprint density at radius 2 is 2.29 bits per heavy atom. The van der Waals surface area contributed by atoms with Crippen LogP contribution in [0.25, 0.3) is 10.9 Å². The lowest BCUT2D eigenvalue weighted by Gasteiger charge is -2.29. The van der Waals surface area contributed by atoms with E-state index in [1.165, 1.54) is 30.2 Å². The highest BCUT2D eigenvalue weighted by atomic mass is 32.1. The number of anilines is 1. The first-order valence-corrected chi connectivity index (χ1v) is 9.90. The number of nitrogens with one attached hydrogen (secondary N) is 1. The lowest BCUT2D eigenvalue weighted by Crippen LogP contribution is -2.30. The van der Waals surface area contributed by atoms with E-state index >= 15 is 0 Å². The van der Waals surface area contributed by atoms with E-state index in [-0.39, 0.29) is 29.1 Å². The van der Waals surface area contributed by atoms with E-state index in [4.69, 9.17) is 4.74 Å².